The Labute approximate surface area is 190 Å². The van der Waals surface area contributed by atoms with Gasteiger partial charge in [-0.15, -0.1) is 12.4 Å². The first-order valence-corrected chi connectivity index (χ1v) is 10.4. The molecule has 2 N–H and O–H groups in total. The lowest BCUT2D eigenvalue weighted by Crippen LogP contribution is -2.55. The Kier molecular flexibility index (Phi) is 5.91. The average Bonchev–Trinajstić information content (AvgIpc) is 3.16. The minimum atomic E-state index is -1.05. The van der Waals surface area contributed by atoms with Crippen molar-refractivity contribution in [1.29, 1.82) is 0 Å². The van der Waals surface area contributed by atoms with E-state index in [-0.39, 0.29) is 66.7 Å². The second kappa shape index (κ2) is 8.51. The Morgan fingerprint density at radius 2 is 1.75 bits per heavy atom. The van der Waals surface area contributed by atoms with Crippen LogP contribution in [0, 0.1) is 0 Å². The maximum Gasteiger partial charge on any atom is 0.266 e. The van der Waals surface area contributed by atoms with Crippen LogP contribution in [-0.4, -0.2) is 77.2 Å². The fourth-order valence-electron chi connectivity index (χ4n) is 5.00. The first-order valence-electron chi connectivity index (χ1n) is 10.4. The number of piperazine rings is 1. The lowest BCUT2D eigenvalue weighted by Gasteiger charge is -2.35. The van der Waals surface area contributed by atoms with E-state index in [2.05, 4.69) is 10.6 Å². The van der Waals surface area contributed by atoms with E-state index in [0.29, 0.717) is 0 Å². The van der Waals surface area contributed by atoms with Crippen LogP contribution in [0.4, 0.5) is 0 Å². The normalized spacial score (nSPS) is 26.6. The van der Waals surface area contributed by atoms with Gasteiger partial charge in [-0.2, -0.15) is 0 Å². The first kappa shape index (κ1) is 22.2. The zero-order valence-corrected chi connectivity index (χ0v) is 18.0. The summed E-state index contributed by atoms with van der Waals surface area (Å²) in [4.78, 5) is 65.1. The predicted molar refractivity (Wildman–Crippen MR) is 112 cm³/mol. The summed E-state index contributed by atoms with van der Waals surface area (Å²) >= 11 is 0. The minimum absolute atomic E-state index is 0. The Hall–Kier alpha value is -2.98. The molecule has 0 spiro atoms. The molecule has 170 valence electrons. The Morgan fingerprint density at radius 1 is 1.03 bits per heavy atom. The van der Waals surface area contributed by atoms with E-state index in [1.807, 2.05) is 4.90 Å². The molecule has 4 heterocycles. The van der Waals surface area contributed by atoms with Crippen LogP contribution in [0.15, 0.2) is 18.2 Å². The largest absolute Gasteiger partial charge is 0.483 e. The Bertz CT molecular complexity index is 998. The van der Waals surface area contributed by atoms with E-state index in [1.54, 1.807) is 6.07 Å². The van der Waals surface area contributed by atoms with E-state index in [9.17, 15) is 24.0 Å². The number of hydrogen-bond donors (Lipinski definition) is 2. The van der Waals surface area contributed by atoms with Crippen molar-refractivity contribution >= 4 is 41.9 Å². The number of imide groups is 2. The number of carbonyl (C=O) groups is 5. The monoisotopic (exact) mass is 462 g/mol. The van der Waals surface area contributed by atoms with Crippen LogP contribution < -0.4 is 15.4 Å². The number of nitrogens with one attached hydrogen (secondary N) is 2. The number of hydrogen-bond acceptors (Lipinski definition) is 7. The number of carbonyl (C=O) groups excluding carboxylic acids is 5. The van der Waals surface area contributed by atoms with Gasteiger partial charge in [-0.05, 0) is 31.4 Å². The first-order chi connectivity index (χ1) is 15.0. The molecule has 5 rings (SSSR count). The number of piperidine rings is 1. The number of nitrogens with zero attached hydrogens (tertiary/aromatic N) is 2. The maximum atomic E-state index is 13.1. The molecule has 0 saturated carbocycles. The molecule has 3 saturated heterocycles. The van der Waals surface area contributed by atoms with Crippen molar-refractivity contribution in [3.8, 4) is 5.75 Å². The van der Waals surface area contributed by atoms with Gasteiger partial charge in [0.15, 0.2) is 6.61 Å². The van der Waals surface area contributed by atoms with Gasteiger partial charge in [0.05, 0.1) is 11.1 Å². The second-order valence-electron chi connectivity index (χ2n) is 8.26. The summed E-state index contributed by atoms with van der Waals surface area (Å²) in [7, 11) is 0. The SMILES string of the molecule is Cl.O=C1CCC(N2C(=O)c3cccc(OCC(=O)N4C5CCC4CNC5)c3C2=O)C(=O)N1. The second-order valence-corrected chi connectivity index (χ2v) is 8.26. The number of benzene rings is 1. The van der Waals surface area contributed by atoms with Gasteiger partial charge in [0.1, 0.15) is 11.8 Å². The molecule has 32 heavy (non-hydrogen) atoms. The number of fused-ring (bicyclic) bond motifs is 3. The summed E-state index contributed by atoms with van der Waals surface area (Å²) in [5.74, 6) is -2.36. The van der Waals surface area contributed by atoms with Gasteiger partial charge < -0.3 is 15.0 Å². The van der Waals surface area contributed by atoms with Crippen LogP contribution in [0.1, 0.15) is 46.4 Å². The number of ether oxygens (including phenoxy) is 1. The Balaban J connectivity index is 0.00000245. The van der Waals surface area contributed by atoms with Crippen molar-refractivity contribution in [2.75, 3.05) is 19.7 Å². The topological polar surface area (TPSA) is 125 Å². The van der Waals surface area contributed by atoms with Crippen molar-refractivity contribution in [3.63, 3.8) is 0 Å². The molecule has 0 radical (unpaired) electrons. The van der Waals surface area contributed by atoms with Gasteiger partial charge in [-0.25, -0.2) is 0 Å². The molecule has 3 atom stereocenters. The molecule has 4 aliphatic heterocycles. The van der Waals surface area contributed by atoms with Crippen molar-refractivity contribution in [2.45, 2.75) is 43.8 Å². The van der Waals surface area contributed by atoms with Gasteiger partial charge in [0.25, 0.3) is 17.7 Å². The lowest BCUT2D eigenvalue weighted by molar-refractivity contribution is -0.137. The van der Waals surface area contributed by atoms with E-state index in [1.165, 1.54) is 12.1 Å². The molecular weight excluding hydrogens is 440 g/mol. The van der Waals surface area contributed by atoms with Crippen molar-refractivity contribution < 1.29 is 28.7 Å². The molecule has 1 aromatic carbocycles. The zero-order chi connectivity index (χ0) is 21.7. The quantitative estimate of drug-likeness (QED) is 0.596. The highest BCUT2D eigenvalue weighted by Gasteiger charge is 2.46. The van der Waals surface area contributed by atoms with Crippen LogP contribution >= 0.6 is 12.4 Å². The van der Waals surface area contributed by atoms with E-state index in [4.69, 9.17) is 4.74 Å². The highest BCUT2D eigenvalue weighted by atomic mass is 35.5. The van der Waals surface area contributed by atoms with Crippen LogP contribution in [-0.2, 0) is 14.4 Å². The fraction of sp³-hybridized carbons (Fsp3) is 0.476. The lowest BCUT2D eigenvalue weighted by atomic mass is 10.0. The summed E-state index contributed by atoms with van der Waals surface area (Å²) in [6, 6.07) is 3.87. The highest BCUT2D eigenvalue weighted by Crippen LogP contribution is 2.34. The molecule has 0 aliphatic carbocycles. The zero-order valence-electron chi connectivity index (χ0n) is 17.2. The number of rotatable bonds is 4. The molecule has 3 unspecified atom stereocenters. The third-order valence-corrected chi connectivity index (χ3v) is 6.45. The summed E-state index contributed by atoms with van der Waals surface area (Å²) in [6.07, 6.45) is 2.04. The molecule has 11 heteroatoms. The van der Waals surface area contributed by atoms with Crippen molar-refractivity contribution in [2.24, 2.45) is 0 Å². The fourth-order valence-corrected chi connectivity index (χ4v) is 5.00. The van der Waals surface area contributed by atoms with Crippen LogP contribution in [0.5, 0.6) is 5.75 Å². The maximum absolute atomic E-state index is 13.1. The average molecular weight is 463 g/mol. The molecule has 3 fully saturated rings. The third-order valence-electron chi connectivity index (χ3n) is 6.45. The summed E-state index contributed by atoms with van der Waals surface area (Å²) in [5.41, 5.74) is 0.176. The van der Waals surface area contributed by atoms with Gasteiger partial charge in [0, 0.05) is 31.6 Å². The van der Waals surface area contributed by atoms with Crippen molar-refractivity contribution in [3.05, 3.63) is 29.3 Å². The van der Waals surface area contributed by atoms with Gasteiger partial charge in [-0.3, -0.25) is 34.2 Å². The van der Waals surface area contributed by atoms with E-state index >= 15 is 0 Å². The Morgan fingerprint density at radius 3 is 2.44 bits per heavy atom. The minimum Gasteiger partial charge on any atom is -0.483 e. The number of amides is 5. The van der Waals surface area contributed by atoms with Crippen LogP contribution in [0.3, 0.4) is 0 Å². The summed E-state index contributed by atoms with van der Waals surface area (Å²) in [5, 5.41) is 5.49. The van der Waals surface area contributed by atoms with Crippen LogP contribution in [0.25, 0.3) is 0 Å². The third kappa shape index (κ3) is 3.53. The molecule has 10 nitrogen and oxygen atoms in total. The molecule has 0 aromatic heterocycles. The van der Waals surface area contributed by atoms with Crippen LogP contribution in [0.2, 0.25) is 0 Å². The number of halogens is 1. The smallest absolute Gasteiger partial charge is 0.266 e. The van der Waals surface area contributed by atoms with Gasteiger partial charge in [-0.1, -0.05) is 6.07 Å². The molecule has 4 aliphatic rings. The van der Waals surface area contributed by atoms with E-state index < -0.39 is 29.7 Å². The van der Waals surface area contributed by atoms with Gasteiger partial charge in [0.2, 0.25) is 11.8 Å². The summed E-state index contributed by atoms with van der Waals surface area (Å²) in [6.45, 7) is 1.29. The standard InChI is InChI=1S/C21H22N4O6.ClH/c26-16-7-6-14(19(28)23-16)25-20(29)13-2-1-3-15(18(13)21(25)30)31-10-17(27)24-11-4-5-12(24)9-22-8-11;/h1-3,11-12,14,22H,4-10H2,(H,23,26,28);1H. The molecule has 1 aromatic rings. The summed E-state index contributed by atoms with van der Waals surface area (Å²) < 4.78 is 5.72. The van der Waals surface area contributed by atoms with Crippen molar-refractivity contribution in [1.82, 2.24) is 20.4 Å². The van der Waals surface area contributed by atoms with E-state index in [0.717, 1.165) is 30.8 Å². The van der Waals surface area contributed by atoms with Gasteiger partial charge >= 0.3 is 0 Å². The predicted octanol–water partition coefficient (Wildman–Crippen LogP) is -0.149. The highest BCUT2D eigenvalue weighted by molar-refractivity contribution is 6.24. The molecule has 5 amide bonds. The molecule has 2 bridgehead atoms. The molecular formula is C21H23ClN4O6.